The lowest BCUT2D eigenvalue weighted by molar-refractivity contribution is -0.133. The van der Waals surface area contributed by atoms with Gasteiger partial charge < -0.3 is 15.2 Å². The summed E-state index contributed by atoms with van der Waals surface area (Å²) in [5.41, 5.74) is 1.08. The lowest BCUT2D eigenvalue weighted by Crippen LogP contribution is -2.32. The Bertz CT molecular complexity index is 461. The normalized spacial score (nSPS) is 11.7. The highest BCUT2D eigenvalue weighted by atomic mass is 32.2. The molecule has 0 saturated carbocycles. The Morgan fingerprint density at radius 1 is 1.33 bits per heavy atom. The molecule has 0 heterocycles. The van der Waals surface area contributed by atoms with Crippen molar-refractivity contribution < 1.29 is 19.4 Å². The van der Waals surface area contributed by atoms with Crippen molar-refractivity contribution in [1.82, 2.24) is 5.32 Å². The van der Waals surface area contributed by atoms with E-state index >= 15 is 0 Å². The van der Waals surface area contributed by atoms with Gasteiger partial charge in [-0.1, -0.05) is 19.1 Å². The Morgan fingerprint density at radius 3 is 2.57 bits per heavy atom. The summed E-state index contributed by atoms with van der Waals surface area (Å²) < 4.78 is 5.09. The molecular weight excluding hydrogens is 290 g/mol. The molecule has 116 valence electrons. The van der Waals surface area contributed by atoms with Gasteiger partial charge in [-0.15, -0.1) is 11.8 Å². The third kappa shape index (κ3) is 7.04. The van der Waals surface area contributed by atoms with Gasteiger partial charge in [-0.2, -0.15) is 0 Å². The number of aliphatic carboxylic acids is 1. The van der Waals surface area contributed by atoms with Gasteiger partial charge in [0.15, 0.2) is 0 Å². The van der Waals surface area contributed by atoms with Crippen molar-refractivity contribution >= 4 is 23.6 Å². The fraction of sp³-hybridized carbons (Fsp3) is 0.467. The van der Waals surface area contributed by atoms with Crippen molar-refractivity contribution in [3.8, 4) is 5.75 Å². The molecule has 0 aromatic heterocycles. The van der Waals surface area contributed by atoms with Crippen LogP contribution in [-0.4, -0.2) is 42.1 Å². The number of hydrogen-bond acceptors (Lipinski definition) is 4. The summed E-state index contributed by atoms with van der Waals surface area (Å²) >= 11 is 1.29. The van der Waals surface area contributed by atoms with Crippen LogP contribution in [0.1, 0.15) is 12.5 Å². The summed E-state index contributed by atoms with van der Waals surface area (Å²) in [4.78, 5) is 22.2. The van der Waals surface area contributed by atoms with Crippen LogP contribution in [0.2, 0.25) is 0 Å². The zero-order chi connectivity index (χ0) is 15.7. The number of hydrogen-bond donors (Lipinski definition) is 2. The van der Waals surface area contributed by atoms with Crippen molar-refractivity contribution in [3.63, 3.8) is 0 Å². The first-order valence-corrected chi connectivity index (χ1v) is 7.88. The topological polar surface area (TPSA) is 75.6 Å². The minimum atomic E-state index is -0.834. The summed E-state index contributed by atoms with van der Waals surface area (Å²) in [6.07, 6.45) is 0.665. The Balaban J connectivity index is 2.28. The second-order valence-electron chi connectivity index (χ2n) is 4.69. The highest BCUT2D eigenvalue weighted by molar-refractivity contribution is 7.99. The molecular formula is C15H21NO4S. The van der Waals surface area contributed by atoms with Crippen molar-refractivity contribution in [2.75, 3.05) is 25.2 Å². The molecule has 1 aromatic rings. The van der Waals surface area contributed by atoms with E-state index in [-0.39, 0.29) is 17.6 Å². The number of carboxylic acids is 1. The van der Waals surface area contributed by atoms with E-state index in [0.29, 0.717) is 18.7 Å². The molecule has 6 heteroatoms. The largest absolute Gasteiger partial charge is 0.497 e. The quantitative estimate of drug-likeness (QED) is 0.680. The van der Waals surface area contributed by atoms with E-state index in [4.69, 9.17) is 9.84 Å². The maximum Gasteiger partial charge on any atom is 0.313 e. The predicted molar refractivity (Wildman–Crippen MR) is 83.8 cm³/mol. The van der Waals surface area contributed by atoms with Crippen molar-refractivity contribution in [1.29, 1.82) is 0 Å². The highest BCUT2D eigenvalue weighted by Crippen LogP contribution is 2.14. The van der Waals surface area contributed by atoms with Gasteiger partial charge in [0.05, 0.1) is 12.9 Å². The fourth-order valence-corrected chi connectivity index (χ4v) is 2.35. The number of benzene rings is 1. The molecule has 0 fully saturated rings. The van der Waals surface area contributed by atoms with Crippen molar-refractivity contribution in [3.05, 3.63) is 29.8 Å². The van der Waals surface area contributed by atoms with E-state index in [2.05, 4.69) is 5.32 Å². The van der Waals surface area contributed by atoms with Gasteiger partial charge in [-0.25, -0.2) is 0 Å². The maximum atomic E-state index is 11.9. The second kappa shape index (κ2) is 9.28. The minimum absolute atomic E-state index is 0.0123. The zero-order valence-corrected chi connectivity index (χ0v) is 13.1. The monoisotopic (exact) mass is 311 g/mol. The van der Waals surface area contributed by atoms with E-state index < -0.39 is 5.97 Å². The number of thioether (sulfide) groups is 1. The van der Waals surface area contributed by atoms with E-state index in [1.54, 1.807) is 7.11 Å². The minimum Gasteiger partial charge on any atom is -0.497 e. The first-order valence-electron chi connectivity index (χ1n) is 6.73. The van der Waals surface area contributed by atoms with Crippen LogP contribution in [0.3, 0.4) is 0 Å². The fourth-order valence-electron chi connectivity index (χ4n) is 1.79. The average molecular weight is 311 g/mol. The van der Waals surface area contributed by atoms with Crippen LogP contribution >= 0.6 is 11.8 Å². The molecule has 1 amide bonds. The molecule has 1 atom stereocenters. The SMILES string of the molecule is COc1ccc(CC(C)C(=O)NCCSCC(=O)O)cc1. The molecule has 0 radical (unpaired) electrons. The lowest BCUT2D eigenvalue weighted by Gasteiger charge is -2.12. The third-order valence-electron chi connectivity index (χ3n) is 2.92. The molecule has 0 saturated heterocycles. The summed E-state index contributed by atoms with van der Waals surface area (Å²) in [6.45, 7) is 2.37. The van der Waals surface area contributed by atoms with E-state index in [0.717, 1.165) is 11.3 Å². The number of carbonyl (C=O) groups is 2. The van der Waals surface area contributed by atoms with Crippen LogP contribution in [0.15, 0.2) is 24.3 Å². The molecule has 0 bridgehead atoms. The zero-order valence-electron chi connectivity index (χ0n) is 12.3. The number of ether oxygens (including phenoxy) is 1. The molecule has 2 N–H and O–H groups in total. The predicted octanol–water partition coefficient (Wildman–Crippen LogP) is 1.81. The molecule has 0 aliphatic carbocycles. The smallest absolute Gasteiger partial charge is 0.313 e. The lowest BCUT2D eigenvalue weighted by atomic mass is 10.0. The van der Waals surface area contributed by atoms with Crippen LogP contribution in [0.25, 0.3) is 0 Å². The summed E-state index contributed by atoms with van der Waals surface area (Å²) in [6, 6.07) is 7.65. The Morgan fingerprint density at radius 2 is 2.00 bits per heavy atom. The van der Waals surface area contributed by atoms with Gasteiger partial charge in [0.25, 0.3) is 0 Å². The van der Waals surface area contributed by atoms with Gasteiger partial charge in [-0.3, -0.25) is 9.59 Å². The second-order valence-corrected chi connectivity index (χ2v) is 5.80. The first-order chi connectivity index (χ1) is 10.0. The number of amides is 1. The summed E-state index contributed by atoms with van der Waals surface area (Å²) in [5.74, 6) is 0.500. The standard InChI is InChI=1S/C15H21NO4S/c1-11(9-12-3-5-13(20-2)6-4-12)15(19)16-7-8-21-10-14(17)18/h3-6,11H,7-10H2,1-2H3,(H,16,19)(H,17,18). The number of nitrogens with one attached hydrogen (secondary N) is 1. The van der Waals surface area contributed by atoms with Gasteiger partial charge in [-0.05, 0) is 24.1 Å². The molecule has 1 aromatic carbocycles. The van der Waals surface area contributed by atoms with Crippen LogP contribution in [-0.2, 0) is 16.0 Å². The Kier molecular flexibility index (Phi) is 7.68. The summed E-state index contributed by atoms with van der Waals surface area (Å²) in [7, 11) is 1.62. The van der Waals surface area contributed by atoms with Crippen LogP contribution in [0.4, 0.5) is 0 Å². The van der Waals surface area contributed by atoms with E-state index in [1.807, 2.05) is 31.2 Å². The molecule has 21 heavy (non-hydrogen) atoms. The van der Waals surface area contributed by atoms with Gasteiger partial charge >= 0.3 is 5.97 Å². The van der Waals surface area contributed by atoms with Crippen molar-refractivity contribution in [2.24, 2.45) is 5.92 Å². The highest BCUT2D eigenvalue weighted by Gasteiger charge is 2.13. The van der Waals surface area contributed by atoms with Gasteiger partial charge in [0.2, 0.25) is 5.91 Å². The molecule has 1 rings (SSSR count). The first kappa shape index (κ1) is 17.4. The average Bonchev–Trinajstić information content (AvgIpc) is 2.47. The van der Waals surface area contributed by atoms with Crippen molar-refractivity contribution in [2.45, 2.75) is 13.3 Å². The molecule has 5 nitrogen and oxygen atoms in total. The van der Waals surface area contributed by atoms with Gasteiger partial charge in [0.1, 0.15) is 5.75 Å². The maximum absolute atomic E-state index is 11.9. The van der Waals surface area contributed by atoms with Crippen LogP contribution < -0.4 is 10.1 Å². The Hall–Kier alpha value is -1.69. The molecule has 0 aliphatic heterocycles. The van der Waals surface area contributed by atoms with Crippen LogP contribution in [0.5, 0.6) is 5.75 Å². The number of carboxylic acid groups (broad SMARTS) is 1. The summed E-state index contributed by atoms with van der Waals surface area (Å²) in [5, 5.41) is 11.3. The number of rotatable bonds is 9. The number of methoxy groups -OCH3 is 1. The van der Waals surface area contributed by atoms with Crippen LogP contribution in [0, 0.1) is 5.92 Å². The van der Waals surface area contributed by atoms with E-state index in [1.165, 1.54) is 11.8 Å². The molecule has 0 spiro atoms. The Labute approximate surface area is 129 Å². The third-order valence-corrected chi connectivity index (χ3v) is 3.86. The number of carbonyl (C=O) groups excluding carboxylic acids is 1. The molecule has 0 aliphatic rings. The van der Waals surface area contributed by atoms with E-state index in [9.17, 15) is 9.59 Å². The van der Waals surface area contributed by atoms with Gasteiger partial charge in [0, 0.05) is 18.2 Å². The molecule has 1 unspecified atom stereocenters.